The summed E-state index contributed by atoms with van der Waals surface area (Å²) in [6.07, 6.45) is 9.34. The highest BCUT2D eigenvalue weighted by Gasteiger charge is 2.27. The quantitative estimate of drug-likeness (QED) is 0.931. The van der Waals surface area contributed by atoms with Crippen LogP contribution in [0.4, 0.5) is 0 Å². The van der Waals surface area contributed by atoms with E-state index in [0.29, 0.717) is 25.3 Å². The van der Waals surface area contributed by atoms with E-state index in [0.717, 1.165) is 12.3 Å². The van der Waals surface area contributed by atoms with E-state index < -0.39 is 0 Å². The molecule has 2 fully saturated rings. The van der Waals surface area contributed by atoms with Gasteiger partial charge in [-0.2, -0.15) is 0 Å². The van der Waals surface area contributed by atoms with E-state index in [1.54, 1.807) is 6.07 Å². The Hall–Kier alpha value is -1.62. The van der Waals surface area contributed by atoms with Crippen LogP contribution >= 0.6 is 0 Å². The van der Waals surface area contributed by atoms with Crippen molar-refractivity contribution in [3.63, 3.8) is 0 Å². The highest BCUT2D eigenvalue weighted by Crippen LogP contribution is 2.29. The second-order valence-electron chi connectivity index (χ2n) is 6.43. The number of aromatic amines is 1. The summed E-state index contributed by atoms with van der Waals surface area (Å²) in [5.74, 6) is 0.732. The minimum Gasteiger partial charge on any atom is -0.375 e. The topological polar surface area (TPSA) is 62.4 Å². The van der Waals surface area contributed by atoms with Gasteiger partial charge in [0.15, 0.2) is 0 Å². The molecule has 1 N–H and O–H groups in total. The summed E-state index contributed by atoms with van der Waals surface area (Å²) in [7, 11) is 0. The van der Waals surface area contributed by atoms with E-state index >= 15 is 0 Å². The Morgan fingerprint density at radius 2 is 2.09 bits per heavy atom. The molecule has 3 rings (SSSR count). The number of rotatable bonds is 3. The predicted molar refractivity (Wildman–Crippen MR) is 83.9 cm³/mol. The number of carbonyl (C=O) groups is 1. The standard InChI is InChI=1S/C17H24N2O3/c20-16-7-6-14(11-18-16)17(21)19-8-9-22-15(12-19)10-13-4-2-1-3-5-13/h6-7,11,13,15H,1-5,8-10,12H2,(H,18,20). The zero-order valence-electron chi connectivity index (χ0n) is 12.9. The lowest BCUT2D eigenvalue weighted by Crippen LogP contribution is -2.46. The van der Waals surface area contributed by atoms with Crippen molar-refractivity contribution in [2.75, 3.05) is 19.7 Å². The summed E-state index contributed by atoms with van der Waals surface area (Å²) in [5.41, 5.74) is 0.353. The molecule has 1 aromatic heterocycles. The van der Waals surface area contributed by atoms with Crippen LogP contribution in [-0.2, 0) is 4.74 Å². The van der Waals surface area contributed by atoms with E-state index in [1.165, 1.54) is 44.4 Å². The molecule has 1 unspecified atom stereocenters. The Morgan fingerprint density at radius 3 is 2.82 bits per heavy atom. The molecule has 1 aromatic rings. The summed E-state index contributed by atoms with van der Waals surface area (Å²) in [6.45, 7) is 1.89. The zero-order chi connectivity index (χ0) is 15.4. The summed E-state index contributed by atoms with van der Waals surface area (Å²) in [5, 5.41) is 0. The molecular formula is C17H24N2O3. The summed E-state index contributed by atoms with van der Waals surface area (Å²) >= 11 is 0. The molecule has 1 saturated heterocycles. The smallest absolute Gasteiger partial charge is 0.255 e. The maximum atomic E-state index is 12.5. The van der Waals surface area contributed by atoms with Gasteiger partial charge in [-0.25, -0.2) is 0 Å². The maximum absolute atomic E-state index is 12.5. The Morgan fingerprint density at radius 1 is 1.27 bits per heavy atom. The second-order valence-corrected chi connectivity index (χ2v) is 6.43. The fourth-order valence-electron chi connectivity index (χ4n) is 3.57. The number of pyridine rings is 1. The van der Waals surface area contributed by atoms with Gasteiger partial charge in [0.05, 0.1) is 18.3 Å². The first kappa shape index (κ1) is 15.3. The first-order valence-electron chi connectivity index (χ1n) is 8.32. The van der Waals surface area contributed by atoms with Gasteiger partial charge in [0.25, 0.3) is 5.91 Å². The van der Waals surface area contributed by atoms with Gasteiger partial charge in [0.1, 0.15) is 0 Å². The van der Waals surface area contributed by atoms with Crippen molar-refractivity contribution in [1.29, 1.82) is 0 Å². The van der Waals surface area contributed by atoms with Gasteiger partial charge in [-0.1, -0.05) is 32.1 Å². The van der Waals surface area contributed by atoms with Gasteiger partial charge < -0.3 is 14.6 Å². The van der Waals surface area contributed by atoms with Gasteiger partial charge in [-0.05, 0) is 18.4 Å². The molecule has 120 valence electrons. The fraction of sp³-hybridized carbons (Fsp3) is 0.647. The number of morpholine rings is 1. The van der Waals surface area contributed by atoms with E-state index in [1.807, 2.05) is 4.90 Å². The molecule has 5 heteroatoms. The first-order chi connectivity index (χ1) is 10.7. The Labute approximate surface area is 130 Å². The lowest BCUT2D eigenvalue weighted by atomic mass is 9.85. The molecule has 1 aliphatic carbocycles. The minimum atomic E-state index is -0.186. The van der Waals surface area contributed by atoms with Crippen LogP contribution in [0.15, 0.2) is 23.1 Å². The number of nitrogens with zero attached hydrogens (tertiary/aromatic N) is 1. The number of carbonyl (C=O) groups excluding carboxylic acids is 1. The third-order valence-electron chi connectivity index (χ3n) is 4.78. The fourth-order valence-corrected chi connectivity index (χ4v) is 3.57. The molecule has 22 heavy (non-hydrogen) atoms. The van der Waals surface area contributed by atoms with Crippen LogP contribution in [0.1, 0.15) is 48.9 Å². The summed E-state index contributed by atoms with van der Waals surface area (Å²) < 4.78 is 5.86. The minimum absolute atomic E-state index is 0.0202. The monoisotopic (exact) mass is 304 g/mol. The van der Waals surface area contributed by atoms with Gasteiger partial charge in [0.2, 0.25) is 5.56 Å². The molecule has 1 atom stereocenters. The van der Waals surface area contributed by atoms with Crippen molar-refractivity contribution < 1.29 is 9.53 Å². The van der Waals surface area contributed by atoms with E-state index in [-0.39, 0.29) is 17.6 Å². The van der Waals surface area contributed by atoms with Gasteiger partial charge in [-0.3, -0.25) is 9.59 Å². The van der Waals surface area contributed by atoms with Crippen molar-refractivity contribution in [3.05, 3.63) is 34.2 Å². The Kier molecular flexibility index (Phi) is 4.93. The van der Waals surface area contributed by atoms with Crippen molar-refractivity contribution in [2.45, 2.75) is 44.6 Å². The molecular weight excluding hydrogens is 280 g/mol. The van der Waals surface area contributed by atoms with Crippen LogP contribution in [0.3, 0.4) is 0 Å². The zero-order valence-corrected chi connectivity index (χ0v) is 12.9. The van der Waals surface area contributed by atoms with Crippen molar-refractivity contribution in [3.8, 4) is 0 Å². The molecule has 0 spiro atoms. The molecule has 2 aliphatic rings. The number of ether oxygens (including phenoxy) is 1. The molecule has 0 aromatic carbocycles. The van der Waals surface area contributed by atoms with Crippen LogP contribution in [-0.4, -0.2) is 41.6 Å². The average molecular weight is 304 g/mol. The number of nitrogens with one attached hydrogen (secondary N) is 1. The van der Waals surface area contributed by atoms with E-state index in [9.17, 15) is 9.59 Å². The lowest BCUT2D eigenvalue weighted by Gasteiger charge is -2.35. The Balaban J connectivity index is 1.58. The summed E-state index contributed by atoms with van der Waals surface area (Å²) in [6, 6.07) is 2.99. The number of aromatic nitrogens is 1. The van der Waals surface area contributed by atoms with Crippen LogP contribution in [0.25, 0.3) is 0 Å². The largest absolute Gasteiger partial charge is 0.375 e. The first-order valence-corrected chi connectivity index (χ1v) is 8.32. The number of H-pyrrole nitrogens is 1. The number of amides is 1. The molecule has 0 bridgehead atoms. The second kappa shape index (κ2) is 7.09. The van der Waals surface area contributed by atoms with Crippen molar-refractivity contribution in [2.24, 2.45) is 5.92 Å². The maximum Gasteiger partial charge on any atom is 0.255 e. The summed E-state index contributed by atoms with van der Waals surface area (Å²) in [4.78, 5) is 28.0. The third-order valence-corrected chi connectivity index (χ3v) is 4.78. The van der Waals surface area contributed by atoms with E-state index in [2.05, 4.69) is 4.98 Å². The SMILES string of the molecule is O=C(c1ccc(=O)[nH]c1)N1CCOC(CC2CCCCC2)C1. The molecule has 1 amide bonds. The van der Waals surface area contributed by atoms with Crippen LogP contribution in [0.2, 0.25) is 0 Å². The third kappa shape index (κ3) is 3.77. The number of hydrogen-bond acceptors (Lipinski definition) is 3. The van der Waals surface area contributed by atoms with Gasteiger partial charge >= 0.3 is 0 Å². The van der Waals surface area contributed by atoms with Crippen molar-refractivity contribution >= 4 is 5.91 Å². The van der Waals surface area contributed by atoms with Crippen LogP contribution < -0.4 is 5.56 Å². The van der Waals surface area contributed by atoms with Crippen LogP contribution in [0, 0.1) is 5.92 Å². The lowest BCUT2D eigenvalue weighted by molar-refractivity contribution is -0.0337. The normalized spacial score (nSPS) is 23.5. The Bertz CT molecular complexity index is 543. The number of hydrogen-bond donors (Lipinski definition) is 1. The molecule has 1 aliphatic heterocycles. The average Bonchev–Trinajstić information content (AvgIpc) is 2.56. The van der Waals surface area contributed by atoms with Crippen LogP contribution in [0.5, 0.6) is 0 Å². The highest BCUT2D eigenvalue weighted by atomic mass is 16.5. The van der Waals surface area contributed by atoms with Gasteiger partial charge in [0, 0.05) is 25.4 Å². The molecule has 1 saturated carbocycles. The van der Waals surface area contributed by atoms with Crippen molar-refractivity contribution in [1.82, 2.24) is 9.88 Å². The molecule has 2 heterocycles. The van der Waals surface area contributed by atoms with E-state index in [4.69, 9.17) is 4.74 Å². The highest BCUT2D eigenvalue weighted by molar-refractivity contribution is 5.93. The predicted octanol–water partition coefficient (Wildman–Crippen LogP) is 2.19. The molecule has 0 radical (unpaired) electrons. The molecule has 5 nitrogen and oxygen atoms in total. The van der Waals surface area contributed by atoms with Gasteiger partial charge in [-0.15, -0.1) is 0 Å².